The number of rotatable bonds is 7. The Morgan fingerprint density at radius 2 is 1.77 bits per heavy atom. The minimum atomic E-state index is -3.40. The number of aliphatic hydroxyl groups excluding tert-OH is 1. The molecule has 3 N–H and O–H groups in total. The summed E-state index contributed by atoms with van der Waals surface area (Å²) < 4.78 is 26.6. The summed E-state index contributed by atoms with van der Waals surface area (Å²) in [5, 5.41) is 8.39. The van der Waals surface area contributed by atoms with Crippen molar-refractivity contribution in [2.24, 2.45) is 5.92 Å². The van der Waals surface area contributed by atoms with Crippen molar-refractivity contribution in [3.8, 4) is 0 Å². The highest BCUT2D eigenvalue weighted by molar-refractivity contribution is 7.87. The van der Waals surface area contributed by atoms with Crippen LogP contribution < -0.4 is 9.44 Å². The summed E-state index contributed by atoms with van der Waals surface area (Å²) in [4.78, 5) is 0. The van der Waals surface area contributed by atoms with Gasteiger partial charge >= 0.3 is 0 Å². The first-order chi connectivity index (χ1) is 5.98. The Balaban J connectivity index is 3.64. The molecule has 0 aliphatic heterocycles. The maximum atomic E-state index is 11.0. The molecule has 0 aromatic rings. The minimum absolute atomic E-state index is 0.0526. The summed E-state index contributed by atoms with van der Waals surface area (Å²) in [5.41, 5.74) is 0. The molecule has 13 heavy (non-hydrogen) atoms. The first-order valence-electron chi connectivity index (χ1n) is 4.33. The van der Waals surface area contributed by atoms with Gasteiger partial charge in [-0.2, -0.15) is 8.42 Å². The third kappa shape index (κ3) is 8.17. The van der Waals surface area contributed by atoms with E-state index in [4.69, 9.17) is 5.11 Å². The first-order valence-corrected chi connectivity index (χ1v) is 5.81. The van der Waals surface area contributed by atoms with Crippen LogP contribution in [-0.4, -0.2) is 33.2 Å². The van der Waals surface area contributed by atoms with Gasteiger partial charge in [-0.1, -0.05) is 13.8 Å². The second-order valence-electron chi connectivity index (χ2n) is 3.20. The normalized spacial score (nSPS) is 12.3. The largest absolute Gasteiger partial charge is 0.395 e. The fraction of sp³-hybridized carbons (Fsp3) is 1.00. The molecule has 0 spiro atoms. The van der Waals surface area contributed by atoms with Gasteiger partial charge < -0.3 is 5.11 Å². The zero-order valence-corrected chi connectivity index (χ0v) is 8.89. The molecule has 0 amide bonds. The van der Waals surface area contributed by atoms with Crippen molar-refractivity contribution in [2.45, 2.75) is 20.3 Å². The van der Waals surface area contributed by atoms with E-state index in [1.165, 1.54) is 0 Å². The molecule has 80 valence electrons. The molecular weight excluding hydrogens is 192 g/mol. The summed E-state index contributed by atoms with van der Waals surface area (Å²) in [6.45, 7) is 4.34. The van der Waals surface area contributed by atoms with E-state index in [-0.39, 0.29) is 13.2 Å². The molecule has 0 fully saturated rings. The van der Waals surface area contributed by atoms with Crippen LogP contribution >= 0.6 is 0 Å². The lowest BCUT2D eigenvalue weighted by atomic mass is 10.1. The SMILES string of the molecule is CC(C)CCNS(=O)(=O)NCCO. The predicted molar refractivity (Wildman–Crippen MR) is 51.5 cm³/mol. The molecule has 0 radical (unpaired) electrons. The topological polar surface area (TPSA) is 78.4 Å². The van der Waals surface area contributed by atoms with Gasteiger partial charge in [0.15, 0.2) is 0 Å². The molecule has 0 unspecified atom stereocenters. The molecule has 0 rings (SSSR count). The maximum Gasteiger partial charge on any atom is 0.276 e. The number of aliphatic hydroxyl groups is 1. The quantitative estimate of drug-likeness (QED) is 0.527. The van der Waals surface area contributed by atoms with Gasteiger partial charge in [-0.3, -0.25) is 0 Å². The Morgan fingerprint density at radius 1 is 1.23 bits per heavy atom. The van der Waals surface area contributed by atoms with E-state index < -0.39 is 10.2 Å². The fourth-order valence-electron chi connectivity index (χ4n) is 0.713. The van der Waals surface area contributed by atoms with Crippen molar-refractivity contribution in [3.63, 3.8) is 0 Å². The molecule has 0 atom stereocenters. The molecule has 0 saturated heterocycles. The van der Waals surface area contributed by atoms with Gasteiger partial charge in [-0.05, 0) is 12.3 Å². The van der Waals surface area contributed by atoms with E-state index >= 15 is 0 Å². The number of hydrogen-bond donors (Lipinski definition) is 3. The van der Waals surface area contributed by atoms with Crippen molar-refractivity contribution in [1.82, 2.24) is 9.44 Å². The molecule has 5 nitrogen and oxygen atoms in total. The predicted octanol–water partition coefficient (Wildman–Crippen LogP) is -0.551. The van der Waals surface area contributed by atoms with Crippen molar-refractivity contribution < 1.29 is 13.5 Å². The van der Waals surface area contributed by atoms with E-state index in [2.05, 4.69) is 9.44 Å². The van der Waals surface area contributed by atoms with Gasteiger partial charge in [0.05, 0.1) is 6.61 Å². The minimum Gasteiger partial charge on any atom is -0.395 e. The summed E-state index contributed by atoms with van der Waals surface area (Å²) >= 11 is 0. The van der Waals surface area contributed by atoms with Crippen LogP contribution in [-0.2, 0) is 10.2 Å². The van der Waals surface area contributed by atoms with E-state index in [9.17, 15) is 8.42 Å². The zero-order valence-electron chi connectivity index (χ0n) is 8.08. The van der Waals surface area contributed by atoms with E-state index in [0.717, 1.165) is 6.42 Å². The van der Waals surface area contributed by atoms with Crippen molar-refractivity contribution in [2.75, 3.05) is 19.7 Å². The van der Waals surface area contributed by atoms with E-state index in [0.29, 0.717) is 12.5 Å². The van der Waals surface area contributed by atoms with Gasteiger partial charge in [0, 0.05) is 13.1 Å². The van der Waals surface area contributed by atoms with E-state index in [1.54, 1.807) is 0 Å². The number of nitrogens with one attached hydrogen (secondary N) is 2. The molecule has 0 saturated carbocycles. The van der Waals surface area contributed by atoms with Crippen LogP contribution in [0.5, 0.6) is 0 Å². The Hall–Kier alpha value is -0.170. The van der Waals surface area contributed by atoms with Crippen LogP contribution in [0, 0.1) is 5.92 Å². The van der Waals surface area contributed by atoms with Crippen LogP contribution in [0.25, 0.3) is 0 Å². The average Bonchev–Trinajstić information content (AvgIpc) is 2.00. The average molecular weight is 210 g/mol. The Labute approximate surface area is 79.7 Å². The summed E-state index contributed by atoms with van der Waals surface area (Å²) in [7, 11) is -3.40. The standard InChI is InChI=1S/C7H18N2O3S/c1-7(2)3-4-8-13(11,12)9-5-6-10/h7-10H,3-6H2,1-2H3. The van der Waals surface area contributed by atoms with Crippen LogP contribution in [0.3, 0.4) is 0 Å². The van der Waals surface area contributed by atoms with Crippen LogP contribution in [0.1, 0.15) is 20.3 Å². The Kier molecular flexibility index (Phi) is 6.23. The Morgan fingerprint density at radius 3 is 2.23 bits per heavy atom. The summed E-state index contributed by atoms with van der Waals surface area (Å²) in [6, 6.07) is 0. The molecule has 0 aliphatic carbocycles. The zero-order chi connectivity index (χ0) is 10.3. The summed E-state index contributed by atoms with van der Waals surface area (Å²) in [6.07, 6.45) is 0.806. The van der Waals surface area contributed by atoms with E-state index in [1.807, 2.05) is 13.8 Å². The lowest BCUT2D eigenvalue weighted by molar-refractivity contribution is 0.300. The van der Waals surface area contributed by atoms with Gasteiger partial charge in [-0.15, -0.1) is 0 Å². The maximum absolute atomic E-state index is 11.0. The van der Waals surface area contributed by atoms with Crippen LogP contribution in [0.15, 0.2) is 0 Å². The van der Waals surface area contributed by atoms with Gasteiger partial charge in [0.2, 0.25) is 0 Å². The van der Waals surface area contributed by atoms with Gasteiger partial charge in [0.25, 0.3) is 10.2 Å². The highest BCUT2D eigenvalue weighted by Crippen LogP contribution is 1.96. The molecule has 0 heterocycles. The van der Waals surface area contributed by atoms with Gasteiger partial charge in [-0.25, -0.2) is 9.44 Å². The molecule has 0 aromatic carbocycles. The molecule has 0 aromatic heterocycles. The smallest absolute Gasteiger partial charge is 0.276 e. The lowest BCUT2D eigenvalue weighted by Crippen LogP contribution is -2.38. The second kappa shape index (κ2) is 6.31. The third-order valence-corrected chi connectivity index (χ3v) is 2.59. The highest BCUT2D eigenvalue weighted by Gasteiger charge is 2.06. The van der Waals surface area contributed by atoms with Gasteiger partial charge in [0.1, 0.15) is 0 Å². The molecule has 0 bridgehead atoms. The first kappa shape index (κ1) is 12.8. The molecular formula is C7H18N2O3S. The Bertz CT molecular complexity index is 214. The van der Waals surface area contributed by atoms with Crippen molar-refractivity contribution in [1.29, 1.82) is 0 Å². The number of hydrogen-bond acceptors (Lipinski definition) is 3. The second-order valence-corrected chi connectivity index (χ2v) is 4.78. The fourth-order valence-corrected chi connectivity index (χ4v) is 1.56. The summed E-state index contributed by atoms with van der Waals surface area (Å²) in [5.74, 6) is 0.473. The van der Waals surface area contributed by atoms with Crippen molar-refractivity contribution in [3.05, 3.63) is 0 Å². The molecule has 0 aliphatic rings. The molecule has 6 heteroatoms. The third-order valence-electron chi connectivity index (χ3n) is 1.42. The monoisotopic (exact) mass is 210 g/mol. The van der Waals surface area contributed by atoms with Crippen LogP contribution in [0.2, 0.25) is 0 Å². The lowest BCUT2D eigenvalue weighted by Gasteiger charge is -2.08. The van der Waals surface area contributed by atoms with Crippen LogP contribution in [0.4, 0.5) is 0 Å². The highest BCUT2D eigenvalue weighted by atomic mass is 32.2. The van der Waals surface area contributed by atoms with Crippen molar-refractivity contribution >= 4 is 10.2 Å².